The number of hydrogen-bond acceptors (Lipinski definition) is 3. The zero-order chi connectivity index (χ0) is 23.8. The van der Waals surface area contributed by atoms with E-state index in [9.17, 15) is 9.59 Å². The molecular weight excluding hydrogens is 548 g/mol. The number of carbonyl (C=O) groups is 2. The van der Waals surface area contributed by atoms with Gasteiger partial charge in [0.2, 0.25) is 5.91 Å². The van der Waals surface area contributed by atoms with Crippen LogP contribution in [0.4, 0.5) is 0 Å². The molecule has 1 atom stereocenters. The smallest absolute Gasteiger partial charge is 0.261 e. The van der Waals surface area contributed by atoms with Gasteiger partial charge in [0, 0.05) is 17.1 Å². The molecule has 2 aromatic carbocycles. The number of hydrogen-bond donors (Lipinski definition) is 1. The molecule has 3 rings (SSSR count). The normalized spacial score (nSPS) is 15.0. The Bertz CT molecular complexity index is 960. The Morgan fingerprint density at radius 1 is 1.09 bits per heavy atom. The van der Waals surface area contributed by atoms with Crippen LogP contribution in [0.15, 0.2) is 51.4 Å². The molecule has 1 aliphatic carbocycles. The van der Waals surface area contributed by atoms with Crippen molar-refractivity contribution in [2.24, 2.45) is 0 Å². The van der Waals surface area contributed by atoms with Gasteiger partial charge in [-0.2, -0.15) is 0 Å². The fraction of sp³-hybridized carbons (Fsp3) is 0.462. The number of benzene rings is 2. The number of rotatable bonds is 9. The van der Waals surface area contributed by atoms with E-state index in [-0.39, 0.29) is 24.5 Å². The van der Waals surface area contributed by atoms with Crippen molar-refractivity contribution in [2.75, 3.05) is 6.61 Å². The van der Waals surface area contributed by atoms with Crippen molar-refractivity contribution in [1.82, 2.24) is 10.2 Å². The van der Waals surface area contributed by atoms with Crippen LogP contribution in [-0.4, -0.2) is 35.4 Å². The molecule has 1 aliphatic rings. The largest absolute Gasteiger partial charge is 0.483 e. The third-order valence-electron chi connectivity index (χ3n) is 6.12. The summed E-state index contributed by atoms with van der Waals surface area (Å²) in [6.07, 6.45) is 6.43. The predicted octanol–water partition coefficient (Wildman–Crippen LogP) is 6.02. The number of nitrogens with one attached hydrogen (secondary N) is 1. The lowest BCUT2D eigenvalue weighted by Gasteiger charge is -2.31. The first kappa shape index (κ1) is 25.8. The molecule has 5 nitrogen and oxygen atoms in total. The first-order valence-corrected chi connectivity index (χ1v) is 13.2. The minimum atomic E-state index is -0.604. The van der Waals surface area contributed by atoms with Gasteiger partial charge in [0.1, 0.15) is 11.8 Å². The summed E-state index contributed by atoms with van der Waals surface area (Å²) in [4.78, 5) is 27.9. The molecule has 1 saturated carbocycles. The summed E-state index contributed by atoms with van der Waals surface area (Å²) in [5.74, 6) is 0.272. The maximum Gasteiger partial charge on any atom is 0.261 e. The van der Waals surface area contributed by atoms with Crippen LogP contribution < -0.4 is 10.1 Å². The Balaban J connectivity index is 1.72. The summed E-state index contributed by atoms with van der Waals surface area (Å²) in [6.45, 7) is 4.07. The van der Waals surface area contributed by atoms with Gasteiger partial charge in [-0.05, 0) is 77.5 Å². The summed E-state index contributed by atoms with van der Waals surface area (Å²) in [6, 6.07) is 13.2. The molecule has 0 unspecified atom stereocenters. The summed E-state index contributed by atoms with van der Waals surface area (Å²) in [7, 11) is 0. The monoisotopic (exact) mass is 578 g/mol. The van der Waals surface area contributed by atoms with E-state index in [4.69, 9.17) is 4.74 Å². The fourth-order valence-electron chi connectivity index (χ4n) is 4.09. The molecule has 33 heavy (non-hydrogen) atoms. The van der Waals surface area contributed by atoms with E-state index in [2.05, 4.69) is 44.1 Å². The highest BCUT2D eigenvalue weighted by Gasteiger charge is 2.28. The van der Waals surface area contributed by atoms with Gasteiger partial charge in [0.15, 0.2) is 6.61 Å². The molecule has 0 aliphatic heterocycles. The zero-order valence-electron chi connectivity index (χ0n) is 19.3. The van der Waals surface area contributed by atoms with E-state index in [1.165, 1.54) is 12.0 Å². The standard InChI is InChI=1S/C26H32Br2N2O3/c1-3-19-12-13-24(23(28)15-19)33-17-25(31)30(16-20-8-7-9-21(27)14-20)18(2)26(32)29-22-10-5-4-6-11-22/h7-9,12-15,18,22H,3-6,10-11,16-17H2,1-2H3,(H,29,32)/t18-/m0/s1. The van der Waals surface area contributed by atoms with Gasteiger partial charge in [-0.15, -0.1) is 0 Å². The first-order chi connectivity index (χ1) is 15.9. The van der Waals surface area contributed by atoms with Crippen molar-refractivity contribution in [1.29, 1.82) is 0 Å². The van der Waals surface area contributed by atoms with Crippen LogP contribution in [0.25, 0.3) is 0 Å². The minimum absolute atomic E-state index is 0.112. The lowest BCUT2D eigenvalue weighted by atomic mass is 9.95. The number of nitrogens with zero attached hydrogens (tertiary/aromatic N) is 1. The van der Waals surface area contributed by atoms with Crippen molar-refractivity contribution < 1.29 is 14.3 Å². The Morgan fingerprint density at radius 2 is 1.85 bits per heavy atom. The summed E-state index contributed by atoms with van der Waals surface area (Å²) < 4.78 is 7.59. The number of aryl methyl sites for hydroxylation is 1. The topological polar surface area (TPSA) is 58.6 Å². The van der Waals surface area contributed by atoms with E-state index >= 15 is 0 Å². The van der Waals surface area contributed by atoms with Crippen molar-refractivity contribution >= 4 is 43.7 Å². The molecule has 0 radical (unpaired) electrons. The van der Waals surface area contributed by atoms with Gasteiger partial charge in [-0.3, -0.25) is 9.59 Å². The fourth-order valence-corrected chi connectivity index (χ4v) is 5.07. The van der Waals surface area contributed by atoms with Crippen LogP contribution in [0.5, 0.6) is 5.75 Å². The third-order valence-corrected chi connectivity index (χ3v) is 7.23. The Morgan fingerprint density at radius 3 is 2.52 bits per heavy atom. The summed E-state index contributed by atoms with van der Waals surface area (Å²) in [5, 5.41) is 3.16. The van der Waals surface area contributed by atoms with Gasteiger partial charge in [0.25, 0.3) is 5.91 Å². The first-order valence-electron chi connectivity index (χ1n) is 11.6. The average Bonchev–Trinajstić information content (AvgIpc) is 2.81. The van der Waals surface area contributed by atoms with Crippen LogP contribution in [0.2, 0.25) is 0 Å². The van der Waals surface area contributed by atoms with Crippen LogP contribution in [-0.2, 0) is 22.6 Å². The number of ether oxygens (including phenoxy) is 1. The number of amides is 2. The Labute approximate surface area is 213 Å². The zero-order valence-corrected chi connectivity index (χ0v) is 22.5. The summed E-state index contributed by atoms with van der Waals surface area (Å²) >= 11 is 7.01. The van der Waals surface area contributed by atoms with Gasteiger partial charge >= 0.3 is 0 Å². The lowest BCUT2D eigenvalue weighted by Crippen LogP contribution is -2.51. The number of halogens is 2. The third kappa shape index (κ3) is 7.57. The molecule has 178 valence electrons. The van der Waals surface area contributed by atoms with Crippen molar-refractivity contribution in [3.8, 4) is 5.75 Å². The molecule has 0 spiro atoms. The quantitative estimate of drug-likeness (QED) is 0.395. The molecule has 7 heteroatoms. The Hall–Kier alpha value is -1.86. The SMILES string of the molecule is CCc1ccc(OCC(=O)N(Cc2cccc(Br)c2)[C@@H](C)C(=O)NC2CCCCC2)c(Br)c1. The molecular formula is C26H32Br2N2O3. The van der Waals surface area contributed by atoms with Crippen molar-refractivity contribution in [2.45, 2.75) is 71.0 Å². The van der Waals surface area contributed by atoms with Gasteiger partial charge in [0.05, 0.1) is 4.47 Å². The Kier molecular flexibility index (Phi) is 9.80. The highest BCUT2D eigenvalue weighted by Crippen LogP contribution is 2.26. The molecule has 0 heterocycles. The highest BCUT2D eigenvalue weighted by molar-refractivity contribution is 9.10. The lowest BCUT2D eigenvalue weighted by molar-refractivity contribution is -0.142. The molecule has 0 saturated heterocycles. The number of carbonyl (C=O) groups excluding carboxylic acids is 2. The minimum Gasteiger partial charge on any atom is -0.483 e. The van der Waals surface area contributed by atoms with Crippen LogP contribution in [0, 0.1) is 0 Å². The second kappa shape index (κ2) is 12.6. The van der Waals surface area contributed by atoms with E-state index in [0.717, 1.165) is 46.6 Å². The van der Waals surface area contributed by atoms with Gasteiger partial charge in [-0.25, -0.2) is 0 Å². The van der Waals surface area contributed by atoms with Gasteiger partial charge in [-0.1, -0.05) is 60.3 Å². The van der Waals surface area contributed by atoms with Crippen LogP contribution in [0.3, 0.4) is 0 Å². The molecule has 0 bridgehead atoms. The molecule has 1 N–H and O–H groups in total. The highest BCUT2D eigenvalue weighted by atomic mass is 79.9. The van der Waals surface area contributed by atoms with Crippen LogP contribution in [0.1, 0.15) is 57.1 Å². The molecule has 2 amide bonds. The molecule has 1 fully saturated rings. The average molecular weight is 580 g/mol. The van der Waals surface area contributed by atoms with Gasteiger partial charge < -0.3 is 15.0 Å². The van der Waals surface area contributed by atoms with Crippen LogP contribution >= 0.6 is 31.9 Å². The second-order valence-corrected chi connectivity index (χ2v) is 10.3. The molecule has 0 aromatic heterocycles. The maximum atomic E-state index is 13.3. The van der Waals surface area contributed by atoms with E-state index in [1.54, 1.807) is 11.8 Å². The maximum absolute atomic E-state index is 13.3. The molecule has 2 aromatic rings. The van der Waals surface area contributed by atoms with Crippen molar-refractivity contribution in [3.63, 3.8) is 0 Å². The predicted molar refractivity (Wildman–Crippen MR) is 138 cm³/mol. The van der Waals surface area contributed by atoms with E-state index in [0.29, 0.717) is 12.3 Å². The second-order valence-electron chi connectivity index (χ2n) is 8.58. The van der Waals surface area contributed by atoms with E-state index in [1.807, 2.05) is 42.5 Å². The van der Waals surface area contributed by atoms with Crippen molar-refractivity contribution in [3.05, 3.63) is 62.5 Å². The summed E-state index contributed by atoms with van der Waals surface area (Å²) in [5.41, 5.74) is 2.13. The van der Waals surface area contributed by atoms with E-state index < -0.39 is 6.04 Å².